The van der Waals surface area contributed by atoms with Crippen molar-refractivity contribution in [2.75, 3.05) is 241 Å². The highest BCUT2D eigenvalue weighted by Crippen LogP contribution is 2.23. The van der Waals surface area contributed by atoms with Gasteiger partial charge in [0.1, 0.15) is 23.1 Å². The normalized spacial score (nSPS) is 11.2. The maximum atomic E-state index is 13.7. The number of nitrogens with one attached hydrogen (secondary N) is 4. The van der Waals surface area contributed by atoms with E-state index in [0.717, 1.165) is 39.2 Å². The third-order valence-electron chi connectivity index (χ3n) is 19.3. The van der Waals surface area contributed by atoms with Gasteiger partial charge in [-0.15, -0.1) is 20.4 Å². The van der Waals surface area contributed by atoms with Crippen LogP contribution in [-0.2, 0) is 166 Å². The molecule has 4 aromatic rings. The van der Waals surface area contributed by atoms with Gasteiger partial charge in [0.25, 0.3) is 0 Å². The molecule has 4 heterocycles. The number of ketones is 4. The largest absolute Gasteiger partial charge is 0.380 e. The zero-order valence-electron chi connectivity index (χ0n) is 76.7. The molecule has 12 amide bonds. The molecular formula is C81H132N24O24. The van der Waals surface area contributed by atoms with Crippen LogP contribution in [-0.4, -0.2) is 434 Å². The molecule has 0 bridgehead atoms. The van der Waals surface area contributed by atoms with Crippen LogP contribution in [0.4, 0.5) is 0 Å². The average Bonchev–Trinajstić information content (AvgIpc) is 1.65. The quantitative estimate of drug-likeness (QED) is 0.0301. The number of rotatable bonds is 72. The minimum atomic E-state index is -1.39. The third-order valence-corrected chi connectivity index (χ3v) is 19.3. The number of ether oxygens (including phenoxy) is 8. The van der Waals surface area contributed by atoms with Gasteiger partial charge in [-0.2, -0.15) is 0 Å². The predicted octanol–water partition coefficient (Wildman–Crippen LogP) is -4.95. The summed E-state index contributed by atoms with van der Waals surface area (Å²) in [7, 11) is 11.2. The van der Waals surface area contributed by atoms with Crippen molar-refractivity contribution < 1.29 is 115 Å². The van der Waals surface area contributed by atoms with E-state index in [9.17, 15) is 76.7 Å². The maximum absolute atomic E-state index is 13.7. The minimum absolute atomic E-state index is 0.0433. The Hall–Kier alpha value is -11.4. The van der Waals surface area contributed by atoms with Crippen molar-refractivity contribution in [3.05, 3.63) is 47.6 Å². The van der Waals surface area contributed by atoms with Gasteiger partial charge in [0.15, 0.2) is 0 Å². The van der Waals surface area contributed by atoms with E-state index < -0.39 is 102 Å². The molecule has 0 spiro atoms. The van der Waals surface area contributed by atoms with E-state index in [2.05, 4.69) is 62.5 Å². The second kappa shape index (κ2) is 61.9. The zero-order chi connectivity index (χ0) is 95.1. The van der Waals surface area contributed by atoms with Crippen molar-refractivity contribution in [3.63, 3.8) is 0 Å². The monoisotopic (exact) mass is 1820 g/mol. The van der Waals surface area contributed by atoms with Crippen LogP contribution in [0.15, 0.2) is 24.8 Å². The van der Waals surface area contributed by atoms with E-state index >= 15 is 0 Å². The first-order valence-electron chi connectivity index (χ1n) is 42.6. The second-order valence-electron chi connectivity index (χ2n) is 31.3. The first-order valence-corrected chi connectivity index (χ1v) is 42.6. The van der Waals surface area contributed by atoms with E-state index in [4.69, 9.17) is 37.9 Å². The molecule has 129 heavy (non-hydrogen) atoms. The van der Waals surface area contributed by atoms with Crippen molar-refractivity contribution in [1.82, 2.24) is 120 Å². The highest BCUT2D eigenvalue weighted by Gasteiger charge is 2.34. The molecule has 0 saturated carbocycles. The highest BCUT2D eigenvalue weighted by atomic mass is 16.5. The molecule has 0 aromatic carbocycles. The third kappa shape index (κ3) is 49.1. The summed E-state index contributed by atoms with van der Waals surface area (Å²) in [6, 6.07) is 0. The lowest BCUT2D eigenvalue weighted by atomic mass is 9.92. The Morgan fingerprint density at radius 3 is 0.651 bits per heavy atom. The number of carbonyl (C=O) groups excluding carboxylic acids is 16. The lowest BCUT2D eigenvalue weighted by molar-refractivity contribution is -0.143. The summed E-state index contributed by atoms with van der Waals surface area (Å²) < 4.78 is 53.6. The Morgan fingerprint density at radius 2 is 0.457 bits per heavy atom. The van der Waals surface area contributed by atoms with Crippen LogP contribution in [0.3, 0.4) is 0 Å². The molecular weight excluding hydrogens is 1690 g/mol. The Labute approximate surface area is 750 Å². The molecule has 4 aromatic heterocycles. The first kappa shape index (κ1) is 110. The van der Waals surface area contributed by atoms with Crippen molar-refractivity contribution >= 4 is 94.0 Å². The van der Waals surface area contributed by atoms with Crippen LogP contribution in [0, 0.1) is 5.41 Å². The van der Waals surface area contributed by atoms with Gasteiger partial charge in [-0.25, -0.2) is 18.7 Å². The number of aromatic nitrogens is 12. The molecule has 0 fully saturated rings. The van der Waals surface area contributed by atoms with Gasteiger partial charge < -0.3 is 118 Å². The standard InChI is InChI=1S/C81H132N24O24/c1-61(106)13-17-65-45-102(90-86-65)29-41-122-37-25-82-69(110)49-94(5)77(118)53-98(9)73(114)21-33-126-57-81(58-127-34-22-74(115)99(10)54-78(119)95(6)50-70(111)83-26-38-123-42-30-103-46-66(87-91-103)18-14-62(2)107,59-128-35-23-75(116)100(11)55-79(120)96(7)51-71(112)84-27-39-124-43-31-104-47-67(88-92-104)19-15-63(3)108)60-129-36-24-76(117)101(12)56-80(121)97(8)52-72(113)85-28-40-125-44-32-105-48-68(89-93-105)20-16-64(4)109/h45-48H,13-44,49-60H2,1-12H3,(H,82,110)(H,83,111)(H,84,112)(H,85,113). The second-order valence-corrected chi connectivity index (χ2v) is 31.3. The van der Waals surface area contributed by atoms with Gasteiger partial charge in [0.2, 0.25) is 70.9 Å². The summed E-state index contributed by atoms with van der Waals surface area (Å²) in [5.41, 5.74) is 1.33. The first-order chi connectivity index (χ1) is 61.5. The van der Waals surface area contributed by atoms with E-state index in [1.165, 1.54) is 84.1 Å². The van der Waals surface area contributed by atoms with E-state index in [0.29, 0.717) is 100 Å². The lowest BCUT2D eigenvalue weighted by Crippen LogP contribution is -2.45. The molecule has 0 saturated heterocycles. The number of carbonyl (C=O) groups is 16. The minimum Gasteiger partial charge on any atom is -0.380 e. The molecule has 0 atom stereocenters. The van der Waals surface area contributed by atoms with Crippen molar-refractivity contribution in [2.24, 2.45) is 5.41 Å². The highest BCUT2D eigenvalue weighted by molar-refractivity contribution is 5.91. The molecule has 0 unspecified atom stereocenters. The fourth-order valence-corrected chi connectivity index (χ4v) is 11.4. The Bertz CT molecular complexity index is 3670. The van der Waals surface area contributed by atoms with Crippen molar-refractivity contribution in [2.45, 2.75) is 131 Å². The molecule has 0 radical (unpaired) electrons. The van der Waals surface area contributed by atoms with Gasteiger partial charge in [-0.05, 0) is 53.4 Å². The summed E-state index contributed by atoms with van der Waals surface area (Å²) in [5.74, 6) is -6.12. The van der Waals surface area contributed by atoms with Crippen LogP contribution >= 0.6 is 0 Å². The summed E-state index contributed by atoms with van der Waals surface area (Å²) >= 11 is 0. The van der Waals surface area contributed by atoms with Crippen molar-refractivity contribution in [3.8, 4) is 0 Å². The van der Waals surface area contributed by atoms with Crippen LogP contribution in [0.25, 0.3) is 0 Å². The number of Topliss-reactive ketones (excluding diaryl/α,β-unsaturated/α-hetero) is 4. The lowest BCUT2D eigenvalue weighted by Gasteiger charge is -2.33. The smallest absolute Gasteiger partial charge is 0.242 e. The number of hydrogen-bond acceptors (Lipinski definition) is 32. The Morgan fingerprint density at radius 1 is 0.264 bits per heavy atom. The Kier molecular flexibility index (Phi) is 52.7. The van der Waals surface area contributed by atoms with Gasteiger partial charge in [0, 0.05) is 133 Å². The topological polar surface area (TPSA) is 544 Å². The van der Waals surface area contributed by atoms with Gasteiger partial charge in [0.05, 0.1) is 238 Å². The fraction of sp³-hybridized carbons (Fsp3) is 0.704. The summed E-state index contributed by atoms with van der Waals surface area (Å²) in [6.07, 6.45) is 9.13. The molecule has 48 nitrogen and oxygen atoms in total. The van der Waals surface area contributed by atoms with E-state index in [1.54, 1.807) is 43.5 Å². The Balaban J connectivity index is 1.40. The molecule has 0 aliphatic rings. The summed E-state index contributed by atoms with van der Waals surface area (Å²) in [4.78, 5) is 214. The van der Waals surface area contributed by atoms with Crippen molar-refractivity contribution in [1.29, 1.82) is 0 Å². The molecule has 4 N–H and O–H groups in total. The average molecular weight is 1830 g/mol. The van der Waals surface area contributed by atoms with Crippen LogP contribution in [0.2, 0.25) is 0 Å². The number of amides is 12. The number of nitrogens with zero attached hydrogens (tertiary/aromatic N) is 20. The fourth-order valence-electron chi connectivity index (χ4n) is 11.4. The van der Waals surface area contributed by atoms with Gasteiger partial charge >= 0.3 is 0 Å². The van der Waals surface area contributed by atoms with E-state index in [-0.39, 0.29) is 207 Å². The zero-order valence-corrected chi connectivity index (χ0v) is 76.7. The molecule has 0 aliphatic carbocycles. The van der Waals surface area contributed by atoms with Gasteiger partial charge in [-0.1, -0.05) is 20.9 Å². The summed E-state index contributed by atoms with van der Waals surface area (Å²) in [5, 5.41) is 43.0. The summed E-state index contributed by atoms with van der Waals surface area (Å²) in [6.45, 7) is 4.51. The molecule has 4 rings (SSSR count). The van der Waals surface area contributed by atoms with Crippen LogP contribution in [0.1, 0.15) is 102 Å². The van der Waals surface area contributed by atoms with E-state index in [1.807, 2.05) is 0 Å². The predicted molar refractivity (Wildman–Crippen MR) is 457 cm³/mol. The van der Waals surface area contributed by atoms with Crippen LogP contribution < -0.4 is 21.3 Å². The van der Waals surface area contributed by atoms with Gasteiger partial charge in [-0.3, -0.25) is 57.5 Å². The maximum Gasteiger partial charge on any atom is 0.242 e. The van der Waals surface area contributed by atoms with Crippen LogP contribution in [0.5, 0.6) is 0 Å². The number of likely N-dealkylation sites (N-methyl/N-ethyl adjacent to an activating group) is 8. The number of hydrogen-bond donors (Lipinski definition) is 4. The molecule has 48 heteroatoms. The number of aryl methyl sites for hydroxylation is 4. The molecule has 0 aliphatic heterocycles. The molecule has 720 valence electrons. The SMILES string of the molecule is CC(=O)CCc1cn(CCOCCNC(=O)CN(C)C(=O)CN(C)C(=O)CCOCC(COCCC(=O)N(C)CC(=O)N(C)CC(=O)NCCOCCn2cc(CCC(C)=O)nn2)(COCCC(=O)N(C)CC(=O)N(C)CC(=O)NCCOCCn2cc(CCC(C)=O)nn2)COCCC(=O)N(C)CC(=O)N(C)CC(=O)NCCOCCn2cc(CCC(C)=O)nn2)nn1.